The number of aliphatic hydroxyl groups is 1. The Morgan fingerprint density at radius 3 is 2.68 bits per heavy atom. The number of rotatable bonds is 4. The molecule has 1 aliphatic rings. The Kier molecular flexibility index (Phi) is 4.62. The predicted molar refractivity (Wildman–Crippen MR) is 76.2 cm³/mol. The van der Waals surface area contributed by atoms with E-state index >= 15 is 0 Å². The van der Waals surface area contributed by atoms with Crippen LogP contribution in [-0.2, 0) is 10.0 Å². The van der Waals surface area contributed by atoms with E-state index in [9.17, 15) is 13.5 Å². The summed E-state index contributed by atoms with van der Waals surface area (Å²) < 4.78 is 25.6. The molecule has 0 saturated carbocycles. The molecule has 0 bridgehead atoms. The molecule has 1 aliphatic heterocycles. The monoisotopic (exact) mass is 301 g/mol. The lowest BCUT2D eigenvalue weighted by atomic mass is 10.2. The van der Waals surface area contributed by atoms with Gasteiger partial charge in [0.15, 0.2) is 0 Å². The standard InChI is InChI=1S/C13H16ClNO3S/c14-12-5-3-11(4-6-12)7-9-19(17,18)15-8-1-2-13(15)10-16/h3-7,9,13,16H,1-2,8,10H2/t13-/m0/s1. The summed E-state index contributed by atoms with van der Waals surface area (Å²) in [6.45, 7) is 0.340. The van der Waals surface area contributed by atoms with Crippen molar-refractivity contribution >= 4 is 27.7 Å². The van der Waals surface area contributed by atoms with Crippen LogP contribution in [0.4, 0.5) is 0 Å². The third-order valence-corrected chi connectivity index (χ3v) is 5.03. The topological polar surface area (TPSA) is 57.6 Å². The van der Waals surface area contributed by atoms with Gasteiger partial charge in [-0.3, -0.25) is 0 Å². The van der Waals surface area contributed by atoms with Crippen LogP contribution >= 0.6 is 11.6 Å². The lowest BCUT2D eigenvalue weighted by molar-refractivity contribution is 0.214. The molecule has 1 saturated heterocycles. The van der Waals surface area contributed by atoms with Gasteiger partial charge in [0.05, 0.1) is 6.61 Å². The van der Waals surface area contributed by atoms with Gasteiger partial charge >= 0.3 is 0 Å². The summed E-state index contributed by atoms with van der Waals surface area (Å²) in [5, 5.41) is 11.0. The summed E-state index contributed by atoms with van der Waals surface area (Å²) in [5.41, 5.74) is 0.771. The fourth-order valence-electron chi connectivity index (χ4n) is 2.14. The minimum absolute atomic E-state index is 0.131. The molecule has 4 nitrogen and oxygen atoms in total. The molecule has 0 aliphatic carbocycles. The molecule has 0 radical (unpaired) electrons. The predicted octanol–water partition coefficient (Wildman–Crippen LogP) is 2.10. The van der Waals surface area contributed by atoms with Gasteiger partial charge < -0.3 is 5.11 Å². The van der Waals surface area contributed by atoms with Crippen LogP contribution in [-0.4, -0.2) is 37.0 Å². The van der Waals surface area contributed by atoms with Gasteiger partial charge in [-0.15, -0.1) is 0 Å². The largest absolute Gasteiger partial charge is 0.395 e. The Balaban J connectivity index is 2.14. The van der Waals surface area contributed by atoms with E-state index in [2.05, 4.69) is 0 Å². The molecule has 1 aromatic carbocycles. The van der Waals surface area contributed by atoms with Crippen molar-refractivity contribution in [1.29, 1.82) is 0 Å². The number of hydrogen-bond donors (Lipinski definition) is 1. The molecule has 0 amide bonds. The highest BCUT2D eigenvalue weighted by Gasteiger charge is 2.31. The maximum absolute atomic E-state index is 12.1. The van der Waals surface area contributed by atoms with Gasteiger partial charge in [0.25, 0.3) is 0 Å². The fraction of sp³-hybridized carbons (Fsp3) is 0.385. The van der Waals surface area contributed by atoms with E-state index in [1.807, 2.05) is 0 Å². The molecule has 1 aromatic rings. The smallest absolute Gasteiger partial charge is 0.236 e. The maximum atomic E-state index is 12.1. The summed E-state index contributed by atoms with van der Waals surface area (Å²) in [6.07, 6.45) is 3.04. The van der Waals surface area contributed by atoms with Crippen LogP contribution in [0.25, 0.3) is 6.08 Å². The van der Waals surface area contributed by atoms with Crippen molar-refractivity contribution < 1.29 is 13.5 Å². The number of aliphatic hydroxyl groups excluding tert-OH is 1. The van der Waals surface area contributed by atoms with Crippen LogP contribution in [0.1, 0.15) is 18.4 Å². The van der Waals surface area contributed by atoms with Crippen LogP contribution in [0.15, 0.2) is 29.7 Å². The van der Waals surface area contributed by atoms with E-state index in [0.29, 0.717) is 18.0 Å². The quantitative estimate of drug-likeness (QED) is 0.926. The van der Waals surface area contributed by atoms with Crippen LogP contribution in [0.5, 0.6) is 0 Å². The van der Waals surface area contributed by atoms with Crippen LogP contribution in [0, 0.1) is 0 Å². The average molecular weight is 302 g/mol. The molecule has 1 heterocycles. The molecule has 104 valence electrons. The lowest BCUT2D eigenvalue weighted by Gasteiger charge is -2.20. The highest BCUT2D eigenvalue weighted by molar-refractivity contribution is 7.92. The minimum atomic E-state index is -3.47. The number of hydrogen-bond acceptors (Lipinski definition) is 3. The van der Waals surface area contributed by atoms with E-state index in [-0.39, 0.29) is 12.6 Å². The van der Waals surface area contributed by atoms with E-state index in [0.717, 1.165) is 12.0 Å². The average Bonchev–Trinajstić information content (AvgIpc) is 2.87. The maximum Gasteiger partial charge on any atom is 0.236 e. The lowest BCUT2D eigenvalue weighted by Crippen LogP contribution is -2.36. The second kappa shape index (κ2) is 6.05. The molecule has 6 heteroatoms. The molecular formula is C13H16ClNO3S. The molecule has 2 rings (SSSR count). The summed E-state index contributed by atoms with van der Waals surface area (Å²) in [6, 6.07) is 6.63. The Hall–Kier alpha value is -0.880. The molecule has 19 heavy (non-hydrogen) atoms. The van der Waals surface area contributed by atoms with E-state index in [4.69, 9.17) is 11.6 Å². The Labute approximate surface area is 118 Å². The summed E-state index contributed by atoms with van der Waals surface area (Å²) in [4.78, 5) is 0. The van der Waals surface area contributed by atoms with Crippen molar-refractivity contribution in [1.82, 2.24) is 4.31 Å². The van der Waals surface area contributed by atoms with Crippen molar-refractivity contribution in [3.05, 3.63) is 40.3 Å². The third kappa shape index (κ3) is 3.57. The molecule has 1 N–H and O–H groups in total. The Bertz CT molecular complexity index is 554. The highest BCUT2D eigenvalue weighted by atomic mass is 35.5. The van der Waals surface area contributed by atoms with Gasteiger partial charge in [0.2, 0.25) is 10.0 Å². The number of benzene rings is 1. The molecule has 0 unspecified atom stereocenters. The minimum Gasteiger partial charge on any atom is -0.395 e. The third-order valence-electron chi connectivity index (χ3n) is 3.16. The number of halogens is 1. The number of sulfonamides is 1. The fourth-order valence-corrected chi connectivity index (χ4v) is 3.73. The first-order valence-corrected chi connectivity index (χ1v) is 7.97. The second-order valence-corrected chi connectivity index (χ2v) is 6.70. The summed E-state index contributed by atoms with van der Waals surface area (Å²) in [5.74, 6) is 0. The molecule has 1 atom stereocenters. The molecule has 1 fully saturated rings. The zero-order valence-electron chi connectivity index (χ0n) is 10.4. The second-order valence-electron chi connectivity index (χ2n) is 4.49. The van der Waals surface area contributed by atoms with Crippen LogP contribution in [0.2, 0.25) is 5.02 Å². The zero-order valence-corrected chi connectivity index (χ0v) is 11.9. The van der Waals surface area contributed by atoms with E-state index in [1.165, 1.54) is 9.71 Å². The van der Waals surface area contributed by atoms with Crippen molar-refractivity contribution in [2.75, 3.05) is 13.2 Å². The van der Waals surface area contributed by atoms with E-state index < -0.39 is 10.0 Å². The van der Waals surface area contributed by atoms with Gasteiger partial charge in [0, 0.05) is 23.0 Å². The van der Waals surface area contributed by atoms with Crippen LogP contribution < -0.4 is 0 Å². The number of nitrogens with zero attached hydrogens (tertiary/aromatic N) is 1. The molecule has 0 aromatic heterocycles. The van der Waals surface area contributed by atoms with Crippen molar-refractivity contribution in [3.63, 3.8) is 0 Å². The normalized spacial score (nSPS) is 21.3. The van der Waals surface area contributed by atoms with Gasteiger partial charge in [-0.25, -0.2) is 8.42 Å². The van der Waals surface area contributed by atoms with Gasteiger partial charge in [-0.1, -0.05) is 23.7 Å². The zero-order chi connectivity index (χ0) is 13.9. The first-order chi connectivity index (χ1) is 9.03. The van der Waals surface area contributed by atoms with Gasteiger partial charge in [0.1, 0.15) is 0 Å². The molecular weight excluding hydrogens is 286 g/mol. The summed E-state index contributed by atoms with van der Waals surface area (Å²) >= 11 is 5.76. The van der Waals surface area contributed by atoms with Crippen molar-refractivity contribution in [2.24, 2.45) is 0 Å². The Morgan fingerprint density at radius 2 is 2.05 bits per heavy atom. The summed E-state index contributed by atoms with van der Waals surface area (Å²) in [7, 11) is -3.47. The van der Waals surface area contributed by atoms with E-state index in [1.54, 1.807) is 30.3 Å². The van der Waals surface area contributed by atoms with Gasteiger partial charge in [-0.05, 0) is 36.6 Å². The van der Waals surface area contributed by atoms with Gasteiger partial charge in [-0.2, -0.15) is 4.31 Å². The highest BCUT2D eigenvalue weighted by Crippen LogP contribution is 2.22. The SMILES string of the molecule is O=S(=O)(C=Cc1ccc(Cl)cc1)N1CCC[C@H]1CO. The van der Waals surface area contributed by atoms with Crippen molar-refractivity contribution in [3.8, 4) is 0 Å². The first kappa shape index (κ1) is 14.5. The first-order valence-electron chi connectivity index (χ1n) is 6.09. The molecule has 0 spiro atoms. The Morgan fingerprint density at radius 1 is 1.37 bits per heavy atom. The van der Waals surface area contributed by atoms with Crippen LogP contribution in [0.3, 0.4) is 0 Å². The van der Waals surface area contributed by atoms with Crippen molar-refractivity contribution in [2.45, 2.75) is 18.9 Å².